The van der Waals surface area contributed by atoms with E-state index in [0.29, 0.717) is 11.3 Å². The third kappa shape index (κ3) is 5.40. The Balaban J connectivity index is 2.57. The minimum absolute atomic E-state index is 0.0562. The SMILES string of the molecule is COC(=O)CCCS(=O)(=O)Nc1ccc(C(C)=O)cc1. The normalized spacial score (nSPS) is 10.9. The lowest BCUT2D eigenvalue weighted by Gasteiger charge is -2.08. The summed E-state index contributed by atoms with van der Waals surface area (Å²) in [5.41, 5.74) is 0.895. The largest absolute Gasteiger partial charge is 0.469 e. The zero-order valence-corrected chi connectivity index (χ0v) is 12.2. The van der Waals surface area contributed by atoms with E-state index in [4.69, 9.17) is 0 Å². The first-order chi connectivity index (χ1) is 9.34. The Bertz CT molecular complexity index is 577. The molecule has 0 aliphatic heterocycles. The maximum Gasteiger partial charge on any atom is 0.305 e. The van der Waals surface area contributed by atoms with Crippen LogP contribution >= 0.6 is 0 Å². The molecule has 0 radical (unpaired) electrons. The van der Waals surface area contributed by atoms with Gasteiger partial charge in [0.2, 0.25) is 10.0 Å². The lowest BCUT2D eigenvalue weighted by molar-refractivity contribution is -0.140. The highest BCUT2D eigenvalue weighted by molar-refractivity contribution is 7.92. The fourth-order valence-corrected chi connectivity index (χ4v) is 2.63. The zero-order chi connectivity index (χ0) is 15.2. The summed E-state index contributed by atoms with van der Waals surface area (Å²) in [6.07, 6.45) is 0.244. The zero-order valence-electron chi connectivity index (χ0n) is 11.4. The molecular formula is C13H17NO5S. The van der Waals surface area contributed by atoms with Crippen molar-refractivity contribution in [1.29, 1.82) is 0 Å². The van der Waals surface area contributed by atoms with Crippen molar-refractivity contribution in [1.82, 2.24) is 0 Å². The molecule has 0 aliphatic carbocycles. The highest BCUT2D eigenvalue weighted by Gasteiger charge is 2.12. The van der Waals surface area contributed by atoms with Gasteiger partial charge in [-0.05, 0) is 37.6 Å². The Labute approximate surface area is 118 Å². The van der Waals surface area contributed by atoms with Gasteiger partial charge in [-0.15, -0.1) is 0 Å². The number of ketones is 1. The first kappa shape index (κ1) is 16.2. The van der Waals surface area contributed by atoms with Crippen LogP contribution in [0.5, 0.6) is 0 Å². The van der Waals surface area contributed by atoms with Gasteiger partial charge < -0.3 is 4.74 Å². The third-order valence-corrected chi connectivity index (χ3v) is 3.96. The van der Waals surface area contributed by atoms with Crippen molar-refractivity contribution >= 4 is 27.5 Å². The van der Waals surface area contributed by atoms with Crippen LogP contribution < -0.4 is 4.72 Å². The molecule has 0 aliphatic rings. The molecule has 1 aromatic rings. The molecule has 0 aromatic heterocycles. The summed E-state index contributed by atoms with van der Waals surface area (Å²) in [5.74, 6) is -0.695. The molecule has 0 heterocycles. The topological polar surface area (TPSA) is 89.5 Å². The monoisotopic (exact) mass is 299 g/mol. The summed E-state index contributed by atoms with van der Waals surface area (Å²) in [5, 5.41) is 0. The molecule has 0 amide bonds. The summed E-state index contributed by atoms with van der Waals surface area (Å²) in [4.78, 5) is 22.0. The molecule has 1 N–H and O–H groups in total. The van der Waals surface area contributed by atoms with E-state index in [1.807, 2.05) is 0 Å². The second kappa shape index (κ2) is 7.04. The minimum Gasteiger partial charge on any atom is -0.469 e. The smallest absolute Gasteiger partial charge is 0.305 e. The van der Waals surface area contributed by atoms with Gasteiger partial charge in [-0.25, -0.2) is 8.42 Å². The van der Waals surface area contributed by atoms with Crippen LogP contribution in [-0.2, 0) is 19.6 Å². The number of rotatable bonds is 7. The Hall–Kier alpha value is -1.89. The van der Waals surface area contributed by atoms with Crippen molar-refractivity contribution in [3.8, 4) is 0 Å². The Morgan fingerprint density at radius 1 is 1.20 bits per heavy atom. The van der Waals surface area contributed by atoms with E-state index < -0.39 is 16.0 Å². The highest BCUT2D eigenvalue weighted by Crippen LogP contribution is 2.12. The molecule has 1 aromatic carbocycles. The third-order valence-electron chi connectivity index (χ3n) is 2.59. The van der Waals surface area contributed by atoms with E-state index in [2.05, 4.69) is 9.46 Å². The van der Waals surface area contributed by atoms with Gasteiger partial charge in [-0.2, -0.15) is 0 Å². The van der Waals surface area contributed by atoms with Crippen LogP contribution in [0.15, 0.2) is 24.3 Å². The maximum absolute atomic E-state index is 11.8. The summed E-state index contributed by atoms with van der Waals surface area (Å²) in [7, 11) is -2.26. The van der Waals surface area contributed by atoms with Crippen LogP contribution in [0.4, 0.5) is 5.69 Å². The molecule has 0 fully saturated rings. The number of ether oxygens (including phenoxy) is 1. The molecule has 0 unspecified atom stereocenters. The number of nitrogens with one attached hydrogen (secondary N) is 1. The molecule has 6 nitrogen and oxygen atoms in total. The van der Waals surface area contributed by atoms with Crippen LogP contribution in [-0.4, -0.2) is 33.0 Å². The summed E-state index contributed by atoms with van der Waals surface area (Å²) >= 11 is 0. The Kier molecular flexibility index (Phi) is 5.69. The molecule has 110 valence electrons. The maximum atomic E-state index is 11.8. The number of carbonyl (C=O) groups is 2. The average molecular weight is 299 g/mol. The molecule has 7 heteroatoms. The van der Waals surface area contributed by atoms with Crippen molar-refractivity contribution in [3.63, 3.8) is 0 Å². The minimum atomic E-state index is -3.51. The first-order valence-electron chi connectivity index (χ1n) is 6.02. The second-order valence-corrected chi connectivity index (χ2v) is 6.08. The van der Waals surface area contributed by atoms with Crippen molar-refractivity contribution in [2.24, 2.45) is 0 Å². The van der Waals surface area contributed by atoms with Gasteiger partial charge in [0.25, 0.3) is 0 Å². The molecule has 0 saturated carbocycles. The summed E-state index contributed by atoms with van der Waals surface area (Å²) in [6, 6.07) is 6.15. The lowest BCUT2D eigenvalue weighted by atomic mass is 10.1. The lowest BCUT2D eigenvalue weighted by Crippen LogP contribution is -2.17. The van der Waals surface area contributed by atoms with Gasteiger partial charge in [0.15, 0.2) is 5.78 Å². The molecule has 0 atom stereocenters. The summed E-state index contributed by atoms with van der Waals surface area (Å²) < 4.78 is 30.3. The van der Waals surface area contributed by atoms with E-state index in [9.17, 15) is 18.0 Å². The number of Topliss-reactive ketones (excluding diaryl/α,β-unsaturated/α-hetero) is 1. The molecule has 0 saturated heterocycles. The standard InChI is InChI=1S/C13H17NO5S/c1-10(15)11-5-7-12(8-6-11)14-20(17,18)9-3-4-13(16)19-2/h5-8,14H,3-4,9H2,1-2H3. The number of sulfonamides is 1. The van der Waals surface area contributed by atoms with Crippen molar-refractivity contribution in [3.05, 3.63) is 29.8 Å². The van der Waals surface area contributed by atoms with E-state index >= 15 is 0 Å². The van der Waals surface area contributed by atoms with Gasteiger partial charge in [0, 0.05) is 17.7 Å². The van der Waals surface area contributed by atoms with Crippen LogP contribution in [0, 0.1) is 0 Å². The predicted octanol–water partition coefficient (Wildman–Crippen LogP) is 1.58. The van der Waals surface area contributed by atoms with Gasteiger partial charge in [0.05, 0.1) is 12.9 Å². The number of methoxy groups -OCH3 is 1. The number of carbonyl (C=O) groups excluding carboxylic acids is 2. The van der Waals surface area contributed by atoms with Crippen LogP contribution in [0.25, 0.3) is 0 Å². The first-order valence-corrected chi connectivity index (χ1v) is 7.67. The summed E-state index contributed by atoms with van der Waals surface area (Å²) in [6.45, 7) is 1.44. The molecule has 0 bridgehead atoms. The van der Waals surface area contributed by atoms with E-state index in [-0.39, 0.29) is 24.4 Å². The van der Waals surface area contributed by atoms with Crippen molar-refractivity contribution in [2.45, 2.75) is 19.8 Å². The fraction of sp³-hybridized carbons (Fsp3) is 0.385. The van der Waals surface area contributed by atoms with Crippen molar-refractivity contribution < 1.29 is 22.7 Å². The van der Waals surface area contributed by atoms with Gasteiger partial charge in [-0.1, -0.05) is 0 Å². The van der Waals surface area contributed by atoms with Gasteiger partial charge >= 0.3 is 5.97 Å². The number of hydrogen-bond acceptors (Lipinski definition) is 5. The Morgan fingerprint density at radius 3 is 2.30 bits per heavy atom. The average Bonchev–Trinajstić information content (AvgIpc) is 2.38. The predicted molar refractivity (Wildman–Crippen MR) is 75.1 cm³/mol. The van der Waals surface area contributed by atoms with Crippen LogP contribution in [0.2, 0.25) is 0 Å². The van der Waals surface area contributed by atoms with E-state index in [0.717, 1.165) is 0 Å². The molecule has 0 spiro atoms. The highest BCUT2D eigenvalue weighted by atomic mass is 32.2. The van der Waals surface area contributed by atoms with E-state index in [1.54, 1.807) is 12.1 Å². The number of hydrogen-bond donors (Lipinski definition) is 1. The number of esters is 1. The number of anilines is 1. The van der Waals surface area contributed by atoms with Crippen LogP contribution in [0.1, 0.15) is 30.1 Å². The fourth-order valence-electron chi connectivity index (χ4n) is 1.51. The second-order valence-electron chi connectivity index (χ2n) is 4.23. The molecule has 1 rings (SSSR count). The van der Waals surface area contributed by atoms with Crippen LogP contribution in [0.3, 0.4) is 0 Å². The Morgan fingerprint density at radius 2 is 1.80 bits per heavy atom. The van der Waals surface area contributed by atoms with Gasteiger partial charge in [-0.3, -0.25) is 14.3 Å². The molecular weight excluding hydrogens is 282 g/mol. The molecule has 20 heavy (non-hydrogen) atoms. The van der Waals surface area contributed by atoms with Crippen molar-refractivity contribution in [2.75, 3.05) is 17.6 Å². The van der Waals surface area contributed by atoms with Gasteiger partial charge in [0.1, 0.15) is 0 Å². The number of benzene rings is 1. The quantitative estimate of drug-likeness (QED) is 0.610. The van der Waals surface area contributed by atoms with E-state index in [1.165, 1.54) is 26.2 Å².